The Bertz CT molecular complexity index is 479. The molecule has 2 unspecified atom stereocenters. The highest BCUT2D eigenvalue weighted by molar-refractivity contribution is 5.82. The highest BCUT2D eigenvalue weighted by Crippen LogP contribution is 2.15. The van der Waals surface area contributed by atoms with E-state index in [1.807, 2.05) is 6.92 Å². The molecule has 35 heavy (non-hydrogen) atoms. The van der Waals surface area contributed by atoms with E-state index in [2.05, 4.69) is 6.92 Å². The minimum Gasteiger partial charge on any atom is -0.463 e. The molecule has 5 heteroatoms. The lowest BCUT2D eigenvalue weighted by Crippen LogP contribution is -2.23. The zero-order chi connectivity index (χ0) is 26.0. The predicted octanol–water partition coefficient (Wildman–Crippen LogP) is 7.83. The number of aliphatic hydroxyl groups is 2. The van der Waals surface area contributed by atoms with Crippen LogP contribution in [0.25, 0.3) is 0 Å². The highest BCUT2D eigenvalue weighted by Gasteiger charge is 2.12. The summed E-state index contributed by atoms with van der Waals surface area (Å²) in [4.78, 5) is 23.4. The number of carbonyl (C=O) groups excluding carboxylic acids is 2. The van der Waals surface area contributed by atoms with Gasteiger partial charge in [-0.1, -0.05) is 116 Å². The lowest BCUT2D eigenvalue weighted by atomic mass is 10.0. The van der Waals surface area contributed by atoms with Crippen molar-refractivity contribution in [1.82, 2.24) is 0 Å². The van der Waals surface area contributed by atoms with Crippen LogP contribution in [-0.4, -0.2) is 40.8 Å². The van der Waals surface area contributed by atoms with Crippen molar-refractivity contribution in [3.63, 3.8) is 0 Å². The quantitative estimate of drug-likeness (QED) is 0.0890. The molecule has 0 rings (SSSR count). The van der Waals surface area contributed by atoms with Gasteiger partial charge in [-0.2, -0.15) is 0 Å². The van der Waals surface area contributed by atoms with Crippen molar-refractivity contribution >= 4 is 11.8 Å². The average molecular weight is 499 g/mol. The van der Waals surface area contributed by atoms with E-state index in [0.29, 0.717) is 12.8 Å². The molecule has 0 aromatic heterocycles. The van der Waals surface area contributed by atoms with Gasteiger partial charge in [0.2, 0.25) is 0 Å². The van der Waals surface area contributed by atoms with E-state index in [1.165, 1.54) is 89.9 Å². The number of esters is 1. The molecule has 0 aliphatic rings. The lowest BCUT2D eigenvalue weighted by molar-refractivity contribution is -0.148. The summed E-state index contributed by atoms with van der Waals surface area (Å²) in [5, 5.41) is 18.0. The standard InChI is InChI=1S/C30H58O5/c1-3-4-5-6-7-8-9-13-16-19-22-25-30(34)35-27(2)23-20-17-14-11-10-12-15-18-21-24-28(32)29(33)26-31/h27,29,31,33H,3-26H2,1-2H3. The van der Waals surface area contributed by atoms with Gasteiger partial charge in [0, 0.05) is 12.8 Å². The Labute approximate surface area is 216 Å². The Morgan fingerprint density at radius 1 is 0.629 bits per heavy atom. The molecule has 0 saturated carbocycles. The maximum atomic E-state index is 12.0. The van der Waals surface area contributed by atoms with Gasteiger partial charge < -0.3 is 14.9 Å². The molecule has 0 radical (unpaired) electrons. The van der Waals surface area contributed by atoms with Gasteiger partial charge in [-0.3, -0.25) is 9.59 Å². The Kier molecular flexibility index (Phi) is 25.4. The maximum Gasteiger partial charge on any atom is 0.306 e. The van der Waals surface area contributed by atoms with Crippen molar-refractivity contribution in [1.29, 1.82) is 0 Å². The molecule has 0 aliphatic carbocycles. The zero-order valence-electron chi connectivity index (χ0n) is 23.2. The van der Waals surface area contributed by atoms with Crippen LogP contribution in [0.5, 0.6) is 0 Å². The van der Waals surface area contributed by atoms with Crippen molar-refractivity contribution in [2.45, 2.75) is 174 Å². The maximum absolute atomic E-state index is 12.0. The lowest BCUT2D eigenvalue weighted by Gasteiger charge is -2.13. The van der Waals surface area contributed by atoms with Gasteiger partial charge in [0.1, 0.15) is 6.10 Å². The van der Waals surface area contributed by atoms with Gasteiger partial charge >= 0.3 is 5.97 Å². The molecule has 0 aliphatic heterocycles. The van der Waals surface area contributed by atoms with Gasteiger partial charge in [0.25, 0.3) is 0 Å². The van der Waals surface area contributed by atoms with E-state index < -0.39 is 12.7 Å². The van der Waals surface area contributed by atoms with Crippen LogP contribution in [0.1, 0.15) is 162 Å². The second-order valence-corrected chi connectivity index (χ2v) is 10.5. The number of hydrogen-bond donors (Lipinski definition) is 2. The van der Waals surface area contributed by atoms with Crippen LogP contribution in [0.4, 0.5) is 0 Å². The second kappa shape index (κ2) is 26.1. The Morgan fingerprint density at radius 2 is 1.03 bits per heavy atom. The van der Waals surface area contributed by atoms with Crippen molar-refractivity contribution < 1.29 is 24.5 Å². The number of aliphatic hydroxyl groups excluding tert-OH is 2. The SMILES string of the molecule is CCCCCCCCCCCCCC(=O)OC(C)CCCCCCCCCCCC(=O)C(O)CO. The molecule has 5 nitrogen and oxygen atoms in total. The van der Waals surface area contributed by atoms with Crippen LogP contribution < -0.4 is 0 Å². The van der Waals surface area contributed by atoms with Crippen molar-refractivity contribution in [2.75, 3.05) is 6.61 Å². The predicted molar refractivity (Wildman–Crippen MR) is 146 cm³/mol. The van der Waals surface area contributed by atoms with Gasteiger partial charge in [0.05, 0.1) is 12.7 Å². The van der Waals surface area contributed by atoms with Crippen LogP contribution in [0.2, 0.25) is 0 Å². The molecular formula is C30H58O5. The highest BCUT2D eigenvalue weighted by atomic mass is 16.5. The second-order valence-electron chi connectivity index (χ2n) is 10.5. The Balaban J connectivity index is 3.36. The summed E-state index contributed by atoms with van der Waals surface area (Å²) < 4.78 is 5.57. The van der Waals surface area contributed by atoms with Gasteiger partial charge in [-0.25, -0.2) is 0 Å². The Morgan fingerprint density at radius 3 is 1.49 bits per heavy atom. The molecule has 0 heterocycles. The largest absolute Gasteiger partial charge is 0.463 e. The number of rotatable bonds is 27. The normalized spacial score (nSPS) is 13.0. The summed E-state index contributed by atoms with van der Waals surface area (Å²) in [7, 11) is 0. The molecule has 0 spiro atoms. The first kappa shape index (κ1) is 34.1. The number of Topliss-reactive ketones (excluding diaryl/α,β-unsaturated/α-hetero) is 1. The van der Waals surface area contributed by atoms with Crippen LogP contribution >= 0.6 is 0 Å². The minimum absolute atomic E-state index is 0.0269. The number of hydrogen-bond acceptors (Lipinski definition) is 5. The number of unbranched alkanes of at least 4 members (excludes halogenated alkanes) is 18. The molecule has 0 fully saturated rings. The summed E-state index contributed by atoms with van der Waals surface area (Å²) in [6.07, 6.45) is 25.0. The van der Waals surface area contributed by atoms with Crippen LogP contribution in [0, 0.1) is 0 Å². The van der Waals surface area contributed by atoms with Crippen LogP contribution in [-0.2, 0) is 14.3 Å². The van der Waals surface area contributed by atoms with Gasteiger partial charge in [-0.15, -0.1) is 0 Å². The smallest absolute Gasteiger partial charge is 0.306 e. The molecule has 0 aromatic rings. The fourth-order valence-corrected chi connectivity index (χ4v) is 4.51. The Hall–Kier alpha value is -0.940. The van der Waals surface area contributed by atoms with Gasteiger partial charge in [0.15, 0.2) is 5.78 Å². The average Bonchev–Trinajstić information content (AvgIpc) is 2.85. The van der Waals surface area contributed by atoms with Crippen molar-refractivity contribution in [3.8, 4) is 0 Å². The van der Waals surface area contributed by atoms with Gasteiger partial charge in [-0.05, 0) is 32.6 Å². The van der Waals surface area contributed by atoms with E-state index in [4.69, 9.17) is 9.84 Å². The number of ether oxygens (including phenoxy) is 1. The minimum atomic E-state index is -1.20. The first-order valence-corrected chi connectivity index (χ1v) is 15.0. The topological polar surface area (TPSA) is 83.8 Å². The third-order valence-corrected chi connectivity index (χ3v) is 6.90. The molecule has 0 bridgehead atoms. The van der Waals surface area contributed by atoms with E-state index in [-0.39, 0.29) is 17.9 Å². The molecule has 208 valence electrons. The summed E-state index contributed by atoms with van der Waals surface area (Å²) in [6.45, 7) is 3.80. The summed E-state index contributed by atoms with van der Waals surface area (Å²) >= 11 is 0. The third kappa shape index (κ3) is 24.5. The van der Waals surface area contributed by atoms with Crippen LogP contribution in [0.3, 0.4) is 0 Å². The number of carbonyl (C=O) groups is 2. The summed E-state index contributed by atoms with van der Waals surface area (Å²) in [5.41, 5.74) is 0. The van der Waals surface area contributed by atoms with E-state index in [9.17, 15) is 14.7 Å². The van der Waals surface area contributed by atoms with Crippen molar-refractivity contribution in [2.24, 2.45) is 0 Å². The van der Waals surface area contributed by atoms with E-state index in [0.717, 1.165) is 44.9 Å². The fourth-order valence-electron chi connectivity index (χ4n) is 4.51. The molecule has 2 atom stereocenters. The fraction of sp³-hybridized carbons (Fsp3) is 0.933. The van der Waals surface area contributed by atoms with E-state index in [1.54, 1.807) is 0 Å². The first-order chi connectivity index (χ1) is 17.0. The summed E-state index contributed by atoms with van der Waals surface area (Å²) in [6, 6.07) is 0. The number of ketones is 1. The molecule has 2 N–H and O–H groups in total. The van der Waals surface area contributed by atoms with Crippen molar-refractivity contribution in [3.05, 3.63) is 0 Å². The van der Waals surface area contributed by atoms with Crippen LogP contribution in [0.15, 0.2) is 0 Å². The first-order valence-electron chi connectivity index (χ1n) is 15.0. The monoisotopic (exact) mass is 498 g/mol. The third-order valence-electron chi connectivity index (χ3n) is 6.90. The molecule has 0 aromatic carbocycles. The molecular weight excluding hydrogens is 440 g/mol. The molecule has 0 amide bonds. The zero-order valence-corrected chi connectivity index (χ0v) is 23.2. The molecule has 0 saturated heterocycles. The van der Waals surface area contributed by atoms with E-state index >= 15 is 0 Å². The summed E-state index contributed by atoms with van der Waals surface area (Å²) in [5.74, 6) is -0.275.